The molecule has 5 rings (SSSR count). The Kier molecular flexibility index (Phi) is 7.16. The third-order valence-corrected chi connectivity index (χ3v) is 6.47. The summed E-state index contributed by atoms with van der Waals surface area (Å²) in [5.41, 5.74) is 3.66. The standard InChI is InChI=1S/C27H31ClN4O3/c1-3-33-24-15-19(16-25(34-4-2)26(24)32-11-5-6-12-32)18-31-13-9-21(10-14-31)29-27-30-22-8-7-20(28)17-23(22)35-27/h5-8,11-12,15-17,21H,3-4,9-10,13-14,18H2,1-2H3,(H,29,30). The summed E-state index contributed by atoms with van der Waals surface area (Å²) in [4.78, 5) is 7.01. The normalized spacial score (nSPS) is 14.9. The first-order valence-corrected chi connectivity index (χ1v) is 12.6. The van der Waals surface area contributed by atoms with E-state index in [2.05, 4.69) is 31.9 Å². The van der Waals surface area contributed by atoms with Gasteiger partial charge in [-0.2, -0.15) is 4.98 Å². The molecule has 0 aliphatic carbocycles. The van der Waals surface area contributed by atoms with Gasteiger partial charge in [0.2, 0.25) is 0 Å². The highest BCUT2D eigenvalue weighted by Crippen LogP contribution is 2.35. The molecule has 1 aliphatic heterocycles. The number of hydrogen-bond acceptors (Lipinski definition) is 6. The van der Waals surface area contributed by atoms with Gasteiger partial charge in [-0.1, -0.05) is 11.6 Å². The van der Waals surface area contributed by atoms with Crippen LogP contribution in [0, 0.1) is 0 Å². The molecule has 35 heavy (non-hydrogen) atoms. The summed E-state index contributed by atoms with van der Waals surface area (Å²) in [6, 6.07) is 14.7. The van der Waals surface area contributed by atoms with Gasteiger partial charge < -0.3 is 23.8 Å². The van der Waals surface area contributed by atoms with Gasteiger partial charge in [-0.3, -0.25) is 4.90 Å². The Morgan fingerprint density at radius 3 is 2.37 bits per heavy atom. The average molecular weight is 495 g/mol. The molecule has 0 saturated carbocycles. The molecule has 0 amide bonds. The van der Waals surface area contributed by atoms with Crippen LogP contribution in [0.15, 0.2) is 59.3 Å². The summed E-state index contributed by atoms with van der Waals surface area (Å²) in [7, 11) is 0. The van der Waals surface area contributed by atoms with Crippen LogP contribution in [0.4, 0.5) is 6.01 Å². The Morgan fingerprint density at radius 2 is 1.71 bits per heavy atom. The van der Waals surface area contributed by atoms with Crippen molar-refractivity contribution in [1.29, 1.82) is 0 Å². The first kappa shape index (κ1) is 23.6. The summed E-state index contributed by atoms with van der Waals surface area (Å²) < 4.78 is 20.0. The highest BCUT2D eigenvalue weighted by Gasteiger charge is 2.22. The number of rotatable bonds is 9. The van der Waals surface area contributed by atoms with E-state index in [-0.39, 0.29) is 0 Å². The second-order valence-corrected chi connectivity index (χ2v) is 9.16. The number of benzene rings is 2. The van der Waals surface area contributed by atoms with Gasteiger partial charge in [0.25, 0.3) is 6.01 Å². The molecule has 0 atom stereocenters. The third-order valence-electron chi connectivity index (χ3n) is 6.23. The number of aromatic nitrogens is 2. The van der Waals surface area contributed by atoms with Gasteiger partial charge in [-0.25, -0.2) is 0 Å². The largest absolute Gasteiger partial charge is 0.492 e. The Bertz CT molecular complexity index is 1240. The zero-order valence-electron chi connectivity index (χ0n) is 20.2. The summed E-state index contributed by atoms with van der Waals surface area (Å²) in [5.74, 6) is 1.69. The number of hydrogen-bond donors (Lipinski definition) is 1. The summed E-state index contributed by atoms with van der Waals surface area (Å²) in [5, 5.41) is 4.11. The zero-order valence-corrected chi connectivity index (χ0v) is 20.9. The molecule has 1 saturated heterocycles. The number of oxazole rings is 1. The Morgan fingerprint density at radius 1 is 1.03 bits per heavy atom. The second-order valence-electron chi connectivity index (χ2n) is 8.72. The number of nitrogens with one attached hydrogen (secondary N) is 1. The number of fused-ring (bicyclic) bond motifs is 1. The minimum absolute atomic E-state index is 0.323. The van der Waals surface area contributed by atoms with E-state index < -0.39 is 0 Å². The highest BCUT2D eigenvalue weighted by atomic mass is 35.5. The van der Waals surface area contributed by atoms with Gasteiger partial charge in [-0.15, -0.1) is 0 Å². The van der Waals surface area contributed by atoms with Gasteiger partial charge in [0.1, 0.15) is 22.7 Å². The molecule has 0 spiro atoms. The van der Waals surface area contributed by atoms with Crippen LogP contribution in [0.5, 0.6) is 11.5 Å². The fraction of sp³-hybridized carbons (Fsp3) is 0.370. The van der Waals surface area contributed by atoms with Crippen LogP contribution in [-0.2, 0) is 6.54 Å². The number of nitrogens with zero attached hydrogens (tertiary/aromatic N) is 3. The second kappa shape index (κ2) is 10.6. The van der Waals surface area contributed by atoms with Crippen LogP contribution in [0.25, 0.3) is 16.8 Å². The third kappa shape index (κ3) is 5.41. The van der Waals surface area contributed by atoms with Gasteiger partial charge in [-0.05, 0) is 68.7 Å². The van der Waals surface area contributed by atoms with E-state index in [0.717, 1.165) is 55.2 Å². The van der Waals surface area contributed by atoms with Crippen LogP contribution in [-0.4, -0.2) is 46.8 Å². The number of piperidine rings is 1. The molecule has 4 aromatic rings. The predicted molar refractivity (Wildman–Crippen MR) is 139 cm³/mol. The zero-order chi connectivity index (χ0) is 24.2. The lowest BCUT2D eigenvalue weighted by molar-refractivity contribution is 0.209. The first-order chi connectivity index (χ1) is 17.1. The van der Waals surface area contributed by atoms with Crippen molar-refractivity contribution in [2.45, 2.75) is 39.3 Å². The summed E-state index contributed by atoms with van der Waals surface area (Å²) in [6.45, 7) is 8.03. The van der Waals surface area contributed by atoms with Crippen molar-refractivity contribution in [3.05, 3.63) is 65.4 Å². The smallest absolute Gasteiger partial charge is 0.295 e. The predicted octanol–water partition coefficient (Wildman–Crippen LogP) is 6.15. The van der Waals surface area contributed by atoms with Gasteiger partial charge >= 0.3 is 0 Å². The molecular weight excluding hydrogens is 464 g/mol. The van der Waals surface area contributed by atoms with Crippen molar-refractivity contribution in [3.63, 3.8) is 0 Å². The number of anilines is 1. The molecule has 2 aromatic heterocycles. The maximum atomic E-state index is 6.06. The molecule has 0 unspecified atom stereocenters. The molecule has 0 radical (unpaired) electrons. The Labute approximate surface area is 210 Å². The lowest BCUT2D eigenvalue weighted by Crippen LogP contribution is -2.38. The fourth-order valence-corrected chi connectivity index (χ4v) is 4.79. The van der Waals surface area contributed by atoms with E-state index in [1.54, 1.807) is 6.07 Å². The average Bonchev–Trinajstić information content (AvgIpc) is 3.50. The van der Waals surface area contributed by atoms with Crippen molar-refractivity contribution in [2.75, 3.05) is 31.6 Å². The van der Waals surface area contributed by atoms with Crippen LogP contribution >= 0.6 is 11.6 Å². The van der Waals surface area contributed by atoms with Crippen LogP contribution in [0.3, 0.4) is 0 Å². The minimum atomic E-state index is 0.323. The van der Waals surface area contributed by atoms with Crippen molar-refractivity contribution in [2.24, 2.45) is 0 Å². The maximum Gasteiger partial charge on any atom is 0.295 e. The molecule has 184 valence electrons. The van der Waals surface area contributed by atoms with E-state index in [1.807, 2.05) is 50.5 Å². The van der Waals surface area contributed by atoms with E-state index in [4.69, 9.17) is 25.5 Å². The van der Waals surface area contributed by atoms with E-state index in [1.165, 1.54) is 5.56 Å². The fourth-order valence-electron chi connectivity index (χ4n) is 4.63. The molecule has 1 N–H and O–H groups in total. The van der Waals surface area contributed by atoms with E-state index in [0.29, 0.717) is 35.9 Å². The molecule has 1 fully saturated rings. The summed E-state index contributed by atoms with van der Waals surface area (Å²) >= 11 is 6.06. The van der Waals surface area contributed by atoms with Crippen molar-refractivity contribution in [3.8, 4) is 17.2 Å². The van der Waals surface area contributed by atoms with Gasteiger partial charge in [0, 0.05) is 49.2 Å². The lowest BCUT2D eigenvalue weighted by Gasteiger charge is -2.32. The SMILES string of the molecule is CCOc1cc(CN2CCC(Nc3nc4ccc(Cl)cc4o3)CC2)cc(OCC)c1-n1cccc1. The van der Waals surface area contributed by atoms with E-state index >= 15 is 0 Å². The Hall–Kier alpha value is -3.16. The monoisotopic (exact) mass is 494 g/mol. The molecule has 3 heterocycles. The molecule has 7 nitrogen and oxygen atoms in total. The quantitative estimate of drug-likeness (QED) is 0.301. The highest BCUT2D eigenvalue weighted by molar-refractivity contribution is 6.31. The molecular formula is C27H31ClN4O3. The van der Waals surface area contributed by atoms with Crippen molar-refractivity contribution >= 4 is 28.7 Å². The first-order valence-electron chi connectivity index (χ1n) is 12.2. The Balaban J connectivity index is 1.25. The van der Waals surface area contributed by atoms with Crippen LogP contribution < -0.4 is 14.8 Å². The van der Waals surface area contributed by atoms with Gasteiger partial charge in [0.05, 0.1) is 13.2 Å². The maximum absolute atomic E-state index is 6.06. The number of ether oxygens (including phenoxy) is 2. The van der Waals surface area contributed by atoms with Crippen molar-refractivity contribution < 1.29 is 13.9 Å². The van der Waals surface area contributed by atoms with Gasteiger partial charge in [0.15, 0.2) is 5.58 Å². The lowest BCUT2D eigenvalue weighted by atomic mass is 10.0. The van der Waals surface area contributed by atoms with Crippen molar-refractivity contribution in [1.82, 2.24) is 14.5 Å². The van der Waals surface area contributed by atoms with Crippen LogP contribution in [0.1, 0.15) is 32.3 Å². The molecule has 0 bridgehead atoms. The molecule has 2 aromatic carbocycles. The molecule has 1 aliphatic rings. The van der Waals surface area contributed by atoms with Crippen LogP contribution in [0.2, 0.25) is 5.02 Å². The number of likely N-dealkylation sites (tertiary alicyclic amines) is 1. The topological polar surface area (TPSA) is 64.7 Å². The van der Waals surface area contributed by atoms with E-state index in [9.17, 15) is 0 Å². The summed E-state index contributed by atoms with van der Waals surface area (Å²) in [6.07, 6.45) is 6.06. The minimum Gasteiger partial charge on any atom is -0.492 e. The molecule has 8 heteroatoms. The number of halogens is 1.